The van der Waals surface area contributed by atoms with Crippen LogP contribution in [0, 0.1) is 0 Å². The Kier molecular flexibility index (Phi) is 25.0. The molecule has 2 unspecified atom stereocenters. The van der Waals surface area contributed by atoms with Crippen LogP contribution in [-0.4, -0.2) is 58.8 Å². The van der Waals surface area contributed by atoms with Gasteiger partial charge in [0.25, 0.3) is 0 Å². The summed E-state index contributed by atoms with van der Waals surface area (Å²) in [6, 6.07) is 0. The van der Waals surface area contributed by atoms with Crippen LogP contribution >= 0.6 is 0 Å². The molecule has 2 radical (unpaired) electrons. The zero-order valence-corrected chi connectivity index (χ0v) is 15.9. The predicted octanol–water partition coefficient (Wildman–Crippen LogP) is -11.2. The maximum Gasteiger partial charge on any atom is 3.00 e. The van der Waals surface area contributed by atoms with E-state index in [9.17, 15) is 19.8 Å². The Morgan fingerprint density at radius 2 is 1.08 bits per heavy atom. The van der Waals surface area contributed by atoms with Crippen molar-refractivity contribution in [1.82, 2.24) is 0 Å². The average Bonchev–Trinajstić information content (AvgIpc) is 1.84. The van der Waals surface area contributed by atoms with E-state index >= 15 is 0 Å². The summed E-state index contributed by atoms with van der Waals surface area (Å²) >= 11 is 0. The second kappa shape index (κ2) is 13.0. The van der Waals surface area contributed by atoms with Crippen molar-refractivity contribution in [3.05, 3.63) is 0 Å². The van der Waals surface area contributed by atoms with Crippen LogP contribution in [0.15, 0.2) is 0 Å². The summed E-state index contributed by atoms with van der Waals surface area (Å²) in [6.45, 7) is 0. The number of rotatable bonds is 3. The SMILES string of the molecule is O=C([O-])C(O)C(O)C(=O)[O-].[K+].[K+].[Sb+3]. The molecule has 6 nitrogen and oxygen atoms in total. The van der Waals surface area contributed by atoms with E-state index in [1.54, 1.807) is 0 Å². The van der Waals surface area contributed by atoms with Crippen LogP contribution in [0.5, 0.6) is 0 Å². The molecular weight excluding hydrogens is 344 g/mol. The van der Waals surface area contributed by atoms with Crippen LogP contribution in [0.1, 0.15) is 0 Å². The third-order valence-electron chi connectivity index (χ3n) is 0.782. The standard InChI is InChI=1S/C4H6O6.2K.Sb/c5-1(3(7)8)2(6)4(9)10;;;/h1-2,5-6H,(H,7,8)(H,9,10);;;/q;2*+1;+3/p-2. The molecule has 0 amide bonds. The molecule has 2 N–H and O–H groups in total. The largest absolute Gasteiger partial charge is 3.00 e. The van der Waals surface area contributed by atoms with Crippen LogP contribution in [0.2, 0.25) is 0 Å². The Labute approximate surface area is 177 Å². The van der Waals surface area contributed by atoms with Gasteiger partial charge >= 0.3 is 127 Å². The van der Waals surface area contributed by atoms with Gasteiger partial charge in [-0.3, -0.25) is 0 Å². The fourth-order valence-electron chi connectivity index (χ4n) is 0.258. The molecule has 0 rings (SSSR count). The van der Waals surface area contributed by atoms with Gasteiger partial charge < -0.3 is 30.0 Å². The number of aliphatic hydroxyl groups is 2. The number of hydrogen-bond acceptors (Lipinski definition) is 6. The van der Waals surface area contributed by atoms with E-state index in [0.717, 1.165) is 0 Å². The van der Waals surface area contributed by atoms with Gasteiger partial charge in [-0.25, -0.2) is 0 Å². The van der Waals surface area contributed by atoms with Crippen molar-refractivity contribution >= 4 is 36.4 Å². The summed E-state index contributed by atoms with van der Waals surface area (Å²) in [5.74, 6) is -4.12. The summed E-state index contributed by atoms with van der Waals surface area (Å²) in [4.78, 5) is 19.3. The molecule has 0 aliphatic rings. The molecule has 0 saturated carbocycles. The van der Waals surface area contributed by atoms with Crippen LogP contribution in [0.4, 0.5) is 0 Å². The van der Waals surface area contributed by atoms with Crippen LogP contribution in [-0.2, 0) is 9.59 Å². The van der Waals surface area contributed by atoms with Gasteiger partial charge in [0.05, 0.1) is 11.9 Å². The molecule has 0 bridgehead atoms. The molecule has 0 spiro atoms. The summed E-state index contributed by atoms with van der Waals surface area (Å²) in [5.41, 5.74) is 0. The first kappa shape index (κ1) is 25.0. The molecule has 0 aromatic rings. The van der Waals surface area contributed by atoms with Crippen molar-refractivity contribution in [1.29, 1.82) is 0 Å². The van der Waals surface area contributed by atoms with Crippen molar-refractivity contribution in [2.24, 2.45) is 0 Å². The number of aliphatic hydroxyl groups excluding tert-OH is 2. The Morgan fingerprint density at radius 3 is 1.15 bits per heavy atom. The molecule has 2 atom stereocenters. The van der Waals surface area contributed by atoms with Crippen molar-refractivity contribution in [3.8, 4) is 0 Å². The maximum atomic E-state index is 9.63. The second-order valence-electron chi connectivity index (χ2n) is 1.53. The second-order valence-corrected chi connectivity index (χ2v) is 1.53. The predicted molar refractivity (Wildman–Crippen MR) is 27.8 cm³/mol. The first-order chi connectivity index (χ1) is 4.46. The Bertz CT molecular complexity index is 147. The van der Waals surface area contributed by atoms with Gasteiger partial charge in [-0.05, 0) is 0 Å². The van der Waals surface area contributed by atoms with Gasteiger partial charge in [-0.2, -0.15) is 0 Å². The molecular formula is C4H4K2O6Sb+3. The zero-order valence-electron chi connectivity index (χ0n) is 7.13. The van der Waals surface area contributed by atoms with Gasteiger partial charge in [0, 0.05) is 0 Å². The molecule has 0 heterocycles. The number of carbonyl (C=O) groups is 2. The Balaban J connectivity index is -0.000000135. The molecule has 0 aliphatic heterocycles. The van der Waals surface area contributed by atoms with Crippen LogP contribution in [0.25, 0.3) is 0 Å². The molecule has 60 valence electrons. The third-order valence-corrected chi connectivity index (χ3v) is 0.782. The molecule has 0 aromatic heterocycles. The molecule has 0 saturated heterocycles. The Morgan fingerprint density at radius 1 is 0.923 bits per heavy atom. The minimum Gasteiger partial charge on any atom is -0.547 e. The van der Waals surface area contributed by atoms with Gasteiger partial charge in [0.2, 0.25) is 0 Å². The average molecular weight is 348 g/mol. The fraction of sp³-hybridized carbons (Fsp3) is 0.500. The quantitative estimate of drug-likeness (QED) is 0.489. The Hall–Kier alpha value is 2.95. The number of carbonyl (C=O) groups excluding carboxylic acids is 2. The van der Waals surface area contributed by atoms with Crippen molar-refractivity contribution in [2.75, 3.05) is 0 Å². The van der Waals surface area contributed by atoms with E-state index < -0.39 is 24.1 Å². The van der Waals surface area contributed by atoms with E-state index in [2.05, 4.69) is 0 Å². The summed E-state index contributed by atoms with van der Waals surface area (Å²) in [7, 11) is 0. The minimum absolute atomic E-state index is 0. The van der Waals surface area contributed by atoms with Crippen molar-refractivity contribution < 1.29 is 133 Å². The van der Waals surface area contributed by atoms with Crippen LogP contribution < -0.4 is 113 Å². The maximum absolute atomic E-state index is 9.63. The van der Waals surface area contributed by atoms with Gasteiger partial charge in [-0.1, -0.05) is 0 Å². The third kappa shape index (κ3) is 11.2. The first-order valence-electron chi connectivity index (χ1n) is 2.24. The number of aliphatic carboxylic acids is 2. The molecule has 13 heavy (non-hydrogen) atoms. The van der Waals surface area contributed by atoms with Gasteiger partial charge in [-0.15, -0.1) is 0 Å². The van der Waals surface area contributed by atoms with Crippen molar-refractivity contribution in [3.63, 3.8) is 0 Å². The van der Waals surface area contributed by atoms with Crippen LogP contribution in [0.3, 0.4) is 0 Å². The number of hydrogen-bond donors (Lipinski definition) is 2. The van der Waals surface area contributed by atoms with E-state index in [4.69, 9.17) is 10.2 Å². The van der Waals surface area contributed by atoms with E-state index in [-0.39, 0.29) is 127 Å². The molecule has 0 aromatic carbocycles. The minimum atomic E-state index is -2.44. The normalized spacial score (nSPS) is 12.2. The number of carboxylic acid groups (broad SMARTS) is 2. The monoisotopic (exact) mass is 347 g/mol. The van der Waals surface area contributed by atoms with E-state index in [1.165, 1.54) is 0 Å². The number of carboxylic acids is 2. The fourth-order valence-corrected chi connectivity index (χ4v) is 0.258. The first-order valence-corrected chi connectivity index (χ1v) is 2.24. The van der Waals surface area contributed by atoms with Gasteiger partial charge in [0.1, 0.15) is 12.2 Å². The van der Waals surface area contributed by atoms with Crippen molar-refractivity contribution in [2.45, 2.75) is 12.2 Å². The molecule has 9 heteroatoms. The van der Waals surface area contributed by atoms with Gasteiger partial charge in [0.15, 0.2) is 0 Å². The summed E-state index contributed by atoms with van der Waals surface area (Å²) in [6.07, 6.45) is -4.88. The summed E-state index contributed by atoms with van der Waals surface area (Å²) in [5, 5.41) is 35.7. The molecule has 0 aliphatic carbocycles. The van der Waals surface area contributed by atoms with E-state index in [0.29, 0.717) is 0 Å². The zero-order chi connectivity index (χ0) is 8.31. The van der Waals surface area contributed by atoms with E-state index in [1.807, 2.05) is 0 Å². The smallest absolute Gasteiger partial charge is 0.547 e. The molecule has 0 fully saturated rings. The summed E-state index contributed by atoms with van der Waals surface area (Å²) < 4.78 is 0. The topological polar surface area (TPSA) is 121 Å².